The highest BCUT2D eigenvalue weighted by atomic mass is 16.5. The molecule has 1 aromatic rings. The van der Waals surface area contributed by atoms with Crippen LogP contribution in [0.3, 0.4) is 0 Å². The molecule has 1 spiro atoms. The van der Waals surface area contributed by atoms with Gasteiger partial charge in [-0.2, -0.15) is 4.99 Å². The van der Waals surface area contributed by atoms with Crippen molar-refractivity contribution in [1.82, 2.24) is 5.32 Å². The molecule has 19 heavy (non-hydrogen) atoms. The molecule has 98 valence electrons. The van der Waals surface area contributed by atoms with Crippen molar-refractivity contribution in [2.45, 2.75) is 37.6 Å². The first-order valence-corrected chi connectivity index (χ1v) is 6.80. The Balaban J connectivity index is 2.02. The summed E-state index contributed by atoms with van der Waals surface area (Å²) in [6, 6.07) is 3.55. The molecule has 4 rings (SSSR count). The number of fused-ring (bicyclic) bond motifs is 4. The van der Waals surface area contributed by atoms with Crippen molar-refractivity contribution < 1.29 is 9.53 Å². The van der Waals surface area contributed by atoms with Crippen molar-refractivity contribution in [3.8, 4) is 5.75 Å². The quantitative estimate of drug-likeness (QED) is 0.758. The number of ether oxygens (including phenoxy) is 1. The van der Waals surface area contributed by atoms with E-state index in [0.29, 0.717) is 6.73 Å². The molecule has 0 atom stereocenters. The predicted molar refractivity (Wildman–Crippen MR) is 67.5 cm³/mol. The maximum Gasteiger partial charge on any atom is 0.342 e. The van der Waals surface area contributed by atoms with Gasteiger partial charge in [0.2, 0.25) is 0 Å². The zero-order valence-electron chi connectivity index (χ0n) is 10.6. The van der Waals surface area contributed by atoms with Crippen LogP contribution in [0.2, 0.25) is 0 Å². The molecule has 2 heterocycles. The van der Waals surface area contributed by atoms with E-state index in [1.54, 1.807) is 0 Å². The van der Waals surface area contributed by atoms with E-state index in [1.165, 1.54) is 6.42 Å². The number of urea groups is 1. The van der Waals surface area contributed by atoms with Gasteiger partial charge in [0.25, 0.3) is 0 Å². The maximum atomic E-state index is 11.9. The van der Waals surface area contributed by atoms with Gasteiger partial charge >= 0.3 is 6.03 Å². The molecule has 0 unspecified atom stereocenters. The zero-order valence-corrected chi connectivity index (χ0v) is 10.6. The summed E-state index contributed by atoms with van der Waals surface area (Å²) in [7, 11) is 0. The fourth-order valence-corrected chi connectivity index (χ4v) is 3.49. The van der Waals surface area contributed by atoms with Gasteiger partial charge in [0, 0.05) is 5.56 Å². The van der Waals surface area contributed by atoms with E-state index >= 15 is 0 Å². The number of nitrogens with zero attached hydrogens (tertiary/aromatic N) is 2. The molecular formula is C14H15N3O2. The summed E-state index contributed by atoms with van der Waals surface area (Å²) in [4.78, 5) is 20.3. The number of hydrogen-bond donors (Lipinski definition) is 1. The Morgan fingerprint density at radius 2 is 1.95 bits per heavy atom. The van der Waals surface area contributed by atoms with Crippen LogP contribution in [0.1, 0.15) is 37.7 Å². The van der Waals surface area contributed by atoms with Crippen molar-refractivity contribution in [3.05, 3.63) is 28.4 Å². The van der Waals surface area contributed by atoms with E-state index in [-0.39, 0.29) is 11.6 Å². The summed E-state index contributed by atoms with van der Waals surface area (Å²) in [5.41, 5.74) is 0.753. The van der Waals surface area contributed by atoms with Crippen LogP contribution in [0.4, 0.5) is 4.79 Å². The van der Waals surface area contributed by atoms with Crippen LogP contribution in [0.5, 0.6) is 5.75 Å². The SMILES string of the molecule is O=C1N=c2ccc3c(c2C2(CCCCC2)N1)OCN=3. The molecule has 1 aromatic carbocycles. The topological polar surface area (TPSA) is 63.0 Å². The minimum Gasteiger partial charge on any atom is -0.469 e. The standard InChI is InChI=1S/C14H15N3O2/c18-13-16-9-4-5-10-12(19-8-15-10)11(9)14(17-13)6-2-1-3-7-14/h4-5H,1-3,6-8H2,(H,17,18). The van der Waals surface area contributed by atoms with Gasteiger partial charge in [0.15, 0.2) is 12.5 Å². The van der Waals surface area contributed by atoms with E-state index in [0.717, 1.165) is 47.7 Å². The third-order valence-corrected chi connectivity index (χ3v) is 4.31. The normalized spacial score (nSPS) is 22.6. The monoisotopic (exact) mass is 257 g/mol. The first kappa shape index (κ1) is 11.0. The number of rotatable bonds is 0. The highest BCUT2D eigenvalue weighted by Gasteiger charge is 2.41. The molecule has 1 fully saturated rings. The number of carbonyl (C=O) groups excluding carboxylic acids is 1. The third-order valence-electron chi connectivity index (χ3n) is 4.31. The lowest BCUT2D eigenvalue weighted by Crippen LogP contribution is -2.53. The Morgan fingerprint density at radius 1 is 1.16 bits per heavy atom. The zero-order chi connectivity index (χ0) is 12.9. The summed E-state index contributed by atoms with van der Waals surface area (Å²) in [5, 5.41) is 4.73. The molecule has 2 aliphatic heterocycles. The second-order valence-corrected chi connectivity index (χ2v) is 5.42. The average Bonchev–Trinajstić information content (AvgIpc) is 2.87. The van der Waals surface area contributed by atoms with Crippen molar-refractivity contribution in [2.24, 2.45) is 9.98 Å². The van der Waals surface area contributed by atoms with Crippen LogP contribution in [-0.4, -0.2) is 12.8 Å². The average molecular weight is 257 g/mol. The van der Waals surface area contributed by atoms with Crippen molar-refractivity contribution in [3.63, 3.8) is 0 Å². The Morgan fingerprint density at radius 3 is 2.79 bits per heavy atom. The molecule has 1 N–H and O–H groups in total. The minimum absolute atomic E-state index is 0.232. The number of benzene rings is 1. The van der Waals surface area contributed by atoms with Gasteiger partial charge in [0.05, 0.1) is 10.9 Å². The van der Waals surface area contributed by atoms with E-state index in [9.17, 15) is 4.79 Å². The molecule has 0 aromatic heterocycles. The van der Waals surface area contributed by atoms with Crippen LogP contribution in [0.25, 0.3) is 0 Å². The lowest BCUT2D eigenvalue weighted by Gasteiger charge is -2.40. The molecule has 0 saturated heterocycles. The summed E-state index contributed by atoms with van der Waals surface area (Å²) in [5.74, 6) is 0.822. The molecule has 1 aliphatic carbocycles. The fraction of sp³-hybridized carbons (Fsp3) is 0.500. The number of amides is 2. The van der Waals surface area contributed by atoms with Crippen LogP contribution in [0.15, 0.2) is 22.1 Å². The van der Waals surface area contributed by atoms with Gasteiger partial charge in [-0.3, -0.25) is 0 Å². The van der Waals surface area contributed by atoms with Gasteiger partial charge in [-0.25, -0.2) is 9.79 Å². The first-order chi connectivity index (χ1) is 9.28. The molecular weight excluding hydrogens is 242 g/mol. The lowest BCUT2D eigenvalue weighted by molar-refractivity contribution is 0.199. The lowest BCUT2D eigenvalue weighted by atomic mass is 9.75. The molecule has 2 amide bonds. The Bertz CT molecular complexity index is 675. The van der Waals surface area contributed by atoms with Crippen molar-refractivity contribution in [2.75, 3.05) is 6.73 Å². The summed E-state index contributed by atoms with van der Waals surface area (Å²) in [6.07, 6.45) is 5.40. The van der Waals surface area contributed by atoms with Gasteiger partial charge in [-0.15, -0.1) is 0 Å². The highest BCUT2D eigenvalue weighted by Crippen LogP contribution is 2.40. The molecule has 3 aliphatic rings. The molecule has 0 radical (unpaired) electrons. The second-order valence-electron chi connectivity index (χ2n) is 5.42. The molecule has 1 saturated carbocycles. The van der Waals surface area contributed by atoms with E-state index in [2.05, 4.69) is 15.3 Å². The second kappa shape index (κ2) is 3.79. The van der Waals surface area contributed by atoms with Crippen LogP contribution >= 0.6 is 0 Å². The smallest absolute Gasteiger partial charge is 0.342 e. The van der Waals surface area contributed by atoms with Crippen molar-refractivity contribution >= 4 is 6.03 Å². The highest BCUT2D eigenvalue weighted by molar-refractivity contribution is 5.78. The van der Waals surface area contributed by atoms with Crippen LogP contribution in [-0.2, 0) is 5.54 Å². The number of hydrogen-bond acceptors (Lipinski definition) is 3. The summed E-state index contributed by atoms with van der Waals surface area (Å²) < 4.78 is 5.68. The Labute approximate surface area is 110 Å². The van der Waals surface area contributed by atoms with Crippen LogP contribution in [0, 0.1) is 0 Å². The van der Waals surface area contributed by atoms with E-state index in [1.807, 2.05) is 12.1 Å². The maximum absolute atomic E-state index is 11.9. The number of carbonyl (C=O) groups is 1. The largest absolute Gasteiger partial charge is 0.469 e. The predicted octanol–water partition coefficient (Wildman–Crippen LogP) is 1.16. The van der Waals surface area contributed by atoms with Gasteiger partial charge in [-0.1, -0.05) is 19.3 Å². The fourth-order valence-electron chi connectivity index (χ4n) is 3.49. The van der Waals surface area contributed by atoms with Gasteiger partial charge in [-0.05, 0) is 25.0 Å². The van der Waals surface area contributed by atoms with Crippen molar-refractivity contribution in [1.29, 1.82) is 0 Å². The Hall–Kier alpha value is -1.91. The summed E-state index contributed by atoms with van der Waals surface area (Å²) in [6.45, 7) is 0.371. The molecule has 0 bridgehead atoms. The third kappa shape index (κ3) is 1.50. The first-order valence-electron chi connectivity index (χ1n) is 6.80. The number of nitrogens with one attached hydrogen (secondary N) is 1. The van der Waals surface area contributed by atoms with E-state index in [4.69, 9.17) is 4.74 Å². The summed E-state index contributed by atoms with van der Waals surface area (Å²) >= 11 is 0. The van der Waals surface area contributed by atoms with Crippen LogP contribution < -0.4 is 20.8 Å². The van der Waals surface area contributed by atoms with Gasteiger partial charge < -0.3 is 10.1 Å². The Kier molecular flexibility index (Phi) is 2.19. The minimum atomic E-state index is -0.294. The van der Waals surface area contributed by atoms with Gasteiger partial charge in [0.1, 0.15) is 5.36 Å². The molecule has 5 nitrogen and oxygen atoms in total. The molecule has 5 heteroatoms. The van der Waals surface area contributed by atoms with E-state index < -0.39 is 0 Å².